The zero-order valence-corrected chi connectivity index (χ0v) is 9.89. The molecule has 2 nitrogen and oxygen atoms in total. The van der Waals surface area contributed by atoms with Gasteiger partial charge in [-0.1, -0.05) is 45.4 Å². The van der Waals surface area contributed by atoms with Gasteiger partial charge < -0.3 is 10.8 Å². The van der Waals surface area contributed by atoms with E-state index in [9.17, 15) is 0 Å². The van der Waals surface area contributed by atoms with Gasteiger partial charge >= 0.3 is 0 Å². The summed E-state index contributed by atoms with van der Waals surface area (Å²) in [5.41, 5.74) is 5.85. The lowest BCUT2D eigenvalue weighted by atomic mass is 9.92. The van der Waals surface area contributed by atoms with Crippen LogP contribution in [0.4, 0.5) is 0 Å². The van der Waals surface area contributed by atoms with Gasteiger partial charge in [0, 0.05) is 12.1 Å². The predicted octanol–water partition coefficient (Wildman–Crippen LogP) is 2.84. The van der Waals surface area contributed by atoms with Crippen LogP contribution in [-0.2, 0) is 0 Å². The number of aliphatic hydroxyl groups excluding tert-OH is 1. The lowest BCUT2D eigenvalue weighted by molar-refractivity contribution is 0.237. The van der Waals surface area contributed by atoms with Crippen molar-refractivity contribution < 1.29 is 5.11 Å². The molecule has 0 aliphatic carbocycles. The standard InChI is InChI=1S/C12H27NO/c1-3-4-5-6-7-8-9-12(2,13)10-11-14/h14H,3-11,13H2,1-2H3. The van der Waals surface area contributed by atoms with E-state index in [0.29, 0.717) is 0 Å². The molecular formula is C12H27NO. The van der Waals surface area contributed by atoms with Crippen molar-refractivity contribution in [2.75, 3.05) is 6.61 Å². The Kier molecular flexibility index (Phi) is 8.20. The third-order valence-electron chi connectivity index (χ3n) is 2.78. The number of unbranched alkanes of at least 4 members (excludes halogenated alkanes) is 5. The maximum absolute atomic E-state index is 8.79. The van der Waals surface area contributed by atoms with Gasteiger partial charge in [0.05, 0.1) is 0 Å². The van der Waals surface area contributed by atoms with Crippen LogP contribution in [-0.4, -0.2) is 17.3 Å². The van der Waals surface area contributed by atoms with E-state index < -0.39 is 0 Å². The molecule has 0 aromatic rings. The van der Waals surface area contributed by atoms with Crippen molar-refractivity contribution in [3.8, 4) is 0 Å². The first-order chi connectivity index (χ1) is 6.62. The Morgan fingerprint density at radius 2 is 1.57 bits per heavy atom. The highest BCUT2D eigenvalue weighted by Gasteiger charge is 2.16. The van der Waals surface area contributed by atoms with Crippen molar-refractivity contribution in [1.82, 2.24) is 0 Å². The van der Waals surface area contributed by atoms with Crippen molar-refractivity contribution in [2.24, 2.45) is 5.73 Å². The molecule has 0 rings (SSSR count). The van der Waals surface area contributed by atoms with Gasteiger partial charge in [-0.05, 0) is 19.8 Å². The molecule has 2 heteroatoms. The average molecular weight is 201 g/mol. The van der Waals surface area contributed by atoms with Crippen molar-refractivity contribution in [3.63, 3.8) is 0 Å². The molecule has 0 saturated heterocycles. The van der Waals surface area contributed by atoms with Crippen LogP contribution >= 0.6 is 0 Å². The monoisotopic (exact) mass is 201 g/mol. The van der Waals surface area contributed by atoms with Gasteiger partial charge in [0.2, 0.25) is 0 Å². The largest absolute Gasteiger partial charge is 0.396 e. The maximum atomic E-state index is 8.79. The van der Waals surface area contributed by atoms with Gasteiger partial charge in [-0.2, -0.15) is 0 Å². The molecule has 0 heterocycles. The fraction of sp³-hybridized carbons (Fsp3) is 1.00. The second-order valence-electron chi connectivity index (χ2n) is 4.65. The Bertz CT molecular complexity index is 123. The number of rotatable bonds is 9. The highest BCUT2D eigenvalue weighted by Crippen LogP contribution is 2.16. The van der Waals surface area contributed by atoms with Crippen molar-refractivity contribution in [3.05, 3.63) is 0 Å². The molecule has 0 radical (unpaired) electrons. The Balaban J connectivity index is 3.26. The van der Waals surface area contributed by atoms with Gasteiger partial charge in [0.15, 0.2) is 0 Å². The van der Waals surface area contributed by atoms with Gasteiger partial charge in [-0.25, -0.2) is 0 Å². The molecule has 3 N–H and O–H groups in total. The highest BCUT2D eigenvalue weighted by molar-refractivity contribution is 4.77. The molecule has 0 bridgehead atoms. The molecule has 14 heavy (non-hydrogen) atoms. The van der Waals surface area contributed by atoms with Crippen LogP contribution in [0.5, 0.6) is 0 Å². The molecule has 1 atom stereocenters. The van der Waals surface area contributed by atoms with Gasteiger partial charge in [0.25, 0.3) is 0 Å². The number of nitrogens with two attached hydrogens (primary N) is 1. The molecule has 0 aliphatic heterocycles. The van der Waals surface area contributed by atoms with E-state index in [2.05, 4.69) is 6.92 Å². The molecule has 0 aliphatic rings. The molecule has 0 spiro atoms. The van der Waals surface area contributed by atoms with E-state index in [4.69, 9.17) is 10.8 Å². The third kappa shape index (κ3) is 8.52. The molecule has 0 fully saturated rings. The summed E-state index contributed by atoms with van der Waals surface area (Å²) in [6.45, 7) is 4.48. The molecule has 0 aromatic carbocycles. The van der Waals surface area contributed by atoms with E-state index >= 15 is 0 Å². The fourth-order valence-corrected chi connectivity index (χ4v) is 1.69. The van der Waals surface area contributed by atoms with E-state index in [1.807, 2.05) is 6.92 Å². The topological polar surface area (TPSA) is 46.2 Å². The lowest BCUT2D eigenvalue weighted by Crippen LogP contribution is -2.36. The van der Waals surface area contributed by atoms with Crippen LogP contribution in [0.1, 0.15) is 65.2 Å². The maximum Gasteiger partial charge on any atom is 0.0448 e. The predicted molar refractivity (Wildman–Crippen MR) is 62.3 cm³/mol. The van der Waals surface area contributed by atoms with Crippen LogP contribution in [0.25, 0.3) is 0 Å². The SMILES string of the molecule is CCCCCCCCC(C)(N)CCO. The van der Waals surface area contributed by atoms with Gasteiger partial charge in [0.1, 0.15) is 0 Å². The summed E-state index contributed by atoms with van der Waals surface area (Å²) in [7, 11) is 0. The summed E-state index contributed by atoms with van der Waals surface area (Å²) >= 11 is 0. The second-order valence-corrected chi connectivity index (χ2v) is 4.65. The number of hydrogen-bond acceptors (Lipinski definition) is 2. The summed E-state index contributed by atoms with van der Waals surface area (Å²) < 4.78 is 0. The van der Waals surface area contributed by atoms with E-state index in [0.717, 1.165) is 12.8 Å². The van der Waals surface area contributed by atoms with Crippen LogP contribution in [0.15, 0.2) is 0 Å². The zero-order valence-electron chi connectivity index (χ0n) is 9.89. The Labute approximate surface area is 88.9 Å². The molecular weight excluding hydrogens is 174 g/mol. The molecule has 1 unspecified atom stereocenters. The summed E-state index contributed by atoms with van der Waals surface area (Å²) in [5, 5.41) is 8.79. The molecule has 0 aromatic heterocycles. The zero-order chi connectivity index (χ0) is 10.9. The minimum atomic E-state index is -0.153. The molecule has 0 amide bonds. The summed E-state index contributed by atoms with van der Waals surface area (Å²) in [5.74, 6) is 0. The van der Waals surface area contributed by atoms with E-state index in [-0.39, 0.29) is 12.1 Å². The lowest BCUT2D eigenvalue weighted by Gasteiger charge is -2.23. The Morgan fingerprint density at radius 1 is 1.00 bits per heavy atom. The molecule has 0 saturated carbocycles. The minimum absolute atomic E-state index is 0.153. The number of aliphatic hydroxyl groups is 1. The highest BCUT2D eigenvalue weighted by atomic mass is 16.3. The normalized spacial score (nSPS) is 15.4. The summed E-state index contributed by atoms with van der Waals surface area (Å²) in [4.78, 5) is 0. The van der Waals surface area contributed by atoms with E-state index in [1.54, 1.807) is 0 Å². The first-order valence-electron chi connectivity index (χ1n) is 6.02. The molecule has 86 valence electrons. The van der Waals surface area contributed by atoms with Crippen LogP contribution in [0.2, 0.25) is 0 Å². The Morgan fingerprint density at radius 3 is 2.14 bits per heavy atom. The quantitative estimate of drug-likeness (QED) is 0.563. The van der Waals surface area contributed by atoms with Crippen LogP contribution in [0, 0.1) is 0 Å². The van der Waals surface area contributed by atoms with Crippen LogP contribution < -0.4 is 5.73 Å². The van der Waals surface area contributed by atoms with Crippen molar-refractivity contribution >= 4 is 0 Å². The minimum Gasteiger partial charge on any atom is -0.396 e. The smallest absolute Gasteiger partial charge is 0.0448 e. The number of hydrogen-bond donors (Lipinski definition) is 2. The van der Waals surface area contributed by atoms with Crippen LogP contribution in [0.3, 0.4) is 0 Å². The average Bonchev–Trinajstić information content (AvgIpc) is 2.11. The summed E-state index contributed by atoms with van der Waals surface area (Å²) in [6.07, 6.45) is 9.62. The van der Waals surface area contributed by atoms with E-state index in [1.165, 1.54) is 38.5 Å². The first kappa shape index (κ1) is 13.9. The first-order valence-corrected chi connectivity index (χ1v) is 6.02. The summed E-state index contributed by atoms with van der Waals surface area (Å²) in [6, 6.07) is 0. The van der Waals surface area contributed by atoms with Gasteiger partial charge in [-0.3, -0.25) is 0 Å². The fourth-order valence-electron chi connectivity index (χ4n) is 1.69. The van der Waals surface area contributed by atoms with Crippen molar-refractivity contribution in [2.45, 2.75) is 70.8 Å². The Hall–Kier alpha value is -0.0800. The third-order valence-corrected chi connectivity index (χ3v) is 2.78. The van der Waals surface area contributed by atoms with Gasteiger partial charge in [-0.15, -0.1) is 0 Å². The second kappa shape index (κ2) is 8.25. The van der Waals surface area contributed by atoms with Crippen molar-refractivity contribution in [1.29, 1.82) is 0 Å².